The molecule has 8 aromatic rings. The SMILES string of the molecule is N=CC(c1cccc(C2(c3ccccc3)c3ccccc3-c3ccccc32)c1)c1ccc2c(c1)oc1cc(-c3ccccc3)ccc12. The number of hydrogen-bond donors (Lipinski definition) is 1. The molecule has 2 nitrogen and oxygen atoms in total. The van der Waals surface area contributed by atoms with Crippen molar-refractivity contribution in [2.45, 2.75) is 11.3 Å². The molecular formula is C45H31NO. The quantitative estimate of drug-likeness (QED) is 0.189. The molecule has 0 bridgehead atoms. The number of hydrogen-bond acceptors (Lipinski definition) is 2. The van der Waals surface area contributed by atoms with Crippen LogP contribution in [0.1, 0.15) is 39.3 Å². The zero-order valence-corrected chi connectivity index (χ0v) is 25.7. The van der Waals surface area contributed by atoms with Crippen LogP contribution in [0.5, 0.6) is 0 Å². The van der Waals surface area contributed by atoms with Gasteiger partial charge in [-0.05, 0) is 73.8 Å². The fourth-order valence-electron chi connectivity index (χ4n) is 7.86. The van der Waals surface area contributed by atoms with Crippen LogP contribution in [0.15, 0.2) is 174 Å². The zero-order chi connectivity index (χ0) is 31.4. The number of nitrogens with one attached hydrogen (secondary N) is 1. The molecule has 0 radical (unpaired) electrons. The third-order valence-electron chi connectivity index (χ3n) is 9.97. The van der Waals surface area contributed by atoms with Crippen molar-refractivity contribution < 1.29 is 4.42 Å². The molecule has 7 aromatic carbocycles. The molecule has 2 heteroatoms. The molecule has 1 aliphatic rings. The van der Waals surface area contributed by atoms with Gasteiger partial charge in [0.25, 0.3) is 0 Å². The Balaban J connectivity index is 1.18. The normalized spacial score (nSPS) is 13.7. The summed E-state index contributed by atoms with van der Waals surface area (Å²) in [5.41, 5.74) is 13.2. The Hall–Kier alpha value is -5.99. The van der Waals surface area contributed by atoms with Crippen LogP contribution in [0, 0.1) is 5.41 Å². The van der Waals surface area contributed by atoms with Gasteiger partial charge < -0.3 is 9.83 Å². The molecular weight excluding hydrogens is 571 g/mol. The maximum Gasteiger partial charge on any atom is 0.136 e. The van der Waals surface area contributed by atoms with Gasteiger partial charge in [-0.25, -0.2) is 0 Å². The van der Waals surface area contributed by atoms with E-state index in [4.69, 9.17) is 9.83 Å². The number of furan rings is 1. The first-order valence-corrected chi connectivity index (χ1v) is 16.1. The lowest BCUT2D eigenvalue weighted by molar-refractivity contribution is 0.668. The maximum absolute atomic E-state index is 8.65. The van der Waals surface area contributed by atoms with Crippen LogP contribution in [0.4, 0.5) is 0 Å². The molecule has 1 N–H and O–H groups in total. The van der Waals surface area contributed by atoms with Gasteiger partial charge in [0.05, 0.1) is 5.41 Å². The van der Waals surface area contributed by atoms with Gasteiger partial charge in [-0.3, -0.25) is 0 Å². The molecule has 0 spiro atoms. The second-order valence-electron chi connectivity index (χ2n) is 12.4. The van der Waals surface area contributed by atoms with Gasteiger partial charge in [0.15, 0.2) is 0 Å². The Morgan fingerprint density at radius 2 is 1.04 bits per heavy atom. The molecule has 0 saturated heterocycles. The van der Waals surface area contributed by atoms with Gasteiger partial charge in [-0.2, -0.15) is 0 Å². The van der Waals surface area contributed by atoms with E-state index in [0.717, 1.165) is 38.6 Å². The molecule has 1 atom stereocenters. The van der Waals surface area contributed by atoms with Crippen LogP contribution < -0.4 is 0 Å². The summed E-state index contributed by atoms with van der Waals surface area (Å²) in [7, 11) is 0. The van der Waals surface area contributed by atoms with Crippen LogP contribution >= 0.6 is 0 Å². The standard InChI is InChI=1S/C45H31NO/c46-29-40(33-23-25-39-38-24-22-31(30-12-3-1-4-13-30)27-43(38)47-44(39)28-33)32-14-11-17-35(26-32)45(34-15-5-2-6-16-34)41-20-9-7-18-36(41)37-19-8-10-21-42(37)45/h1-29,40,46H. The summed E-state index contributed by atoms with van der Waals surface area (Å²) in [6.07, 6.45) is 1.56. The Bertz CT molecular complexity index is 2390. The van der Waals surface area contributed by atoms with Crippen LogP contribution in [0.3, 0.4) is 0 Å². The third-order valence-corrected chi connectivity index (χ3v) is 9.97. The number of rotatable bonds is 6. The van der Waals surface area contributed by atoms with E-state index in [2.05, 4.69) is 164 Å². The van der Waals surface area contributed by atoms with Crippen molar-refractivity contribution in [2.24, 2.45) is 0 Å². The second-order valence-corrected chi connectivity index (χ2v) is 12.4. The molecule has 9 rings (SSSR count). The van der Waals surface area contributed by atoms with Crippen LogP contribution in [0.2, 0.25) is 0 Å². The Labute approximate surface area is 274 Å². The van der Waals surface area contributed by atoms with Crippen molar-refractivity contribution in [3.8, 4) is 22.3 Å². The molecule has 1 unspecified atom stereocenters. The molecule has 47 heavy (non-hydrogen) atoms. The van der Waals surface area contributed by atoms with E-state index >= 15 is 0 Å². The Morgan fingerprint density at radius 1 is 0.468 bits per heavy atom. The molecule has 0 amide bonds. The summed E-state index contributed by atoms with van der Waals surface area (Å²) in [5, 5.41) is 10.8. The van der Waals surface area contributed by atoms with E-state index < -0.39 is 5.41 Å². The minimum atomic E-state index is -0.476. The van der Waals surface area contributed by atoms with Crippen molar-refractivity contribution in [1.82, 2.24) is 0 Å². The summed E-state index contributed by atoms with van der Waals surface area (Å²) >= 11 is 0. The fraction of sp³-hybridized carbons (Fsp3) is 0.0444. The lowest BCUT2D eigenvalue weighted by Crippen LogP contribution is -2.28. The highest BCUT2D eigenvalue weighted by molar-refractivity contribution is 6.06. The average Bonchev–Trinajstić information content (AvgIpc) is 3.66. The summed E-state index contributed by atoms with van der Waals surface area (Å²) in [6, 6.07) is 60.6. The van der Waals surface area contributed by atoms with E-state index in [1.165, 1.54) is 38.9 Å². The van der Waals surface area contributed by atoms with E-state index in [0.29, 0.717) is 0 Å². The molecule has 0 fully saturated rings. The molecule has 1 heterocycles. The van der Waals surface area contributed by atoms with Gasteiger partial charge in [0.1, 0.15) is 11.2 Å². The summed E-state index contributed by atoms with van der Waals surface area (Å²) < 4.78 is 6.47. The third kappa shape index (κ3) is 4.15. The van der Waals surface area contributed by atoms with Crippen LogP contribution in [-0.2, 0) is 5.41 Å². The highest BCUT2D eigenvalue weighted by atomic mass is 16.3. The van der Waals surface area contributed by atoms with Crippen LogP contribution in [-0.4, -0.2) is 6.21 Å². The van der Waals surface area contributed by atoms with Crippen molar-refractivity contribution in [3.63, 3.8) is 0 Å². The van der Waals surface area contributed by atoms with E-state index in [1.54, 1.807) is 6.21 Å². The largest absolute Gasteiger partial charge is 0.456 e. The van der Waals surface area contributed by atoms with E-state index in [9.17, 15) is 0 Å². The first-order chi connectivity index (χ1) is 23.3. The Morgan fingerprint density at radius 3 is 1.74 bits per heavy atom. The summed E-state index contributed by atoms with van der Waals surface area (Å²) in [6.45, 7) is 0. The maximum atomic E-state index is 8.65. The van der Waals surface area contributed by atoms with Gasteiger partial charge in [0, 0.05) is 22.9 Å². The Kier molecular flexibility index (Phi) is 6.29. The van der Waals surface area contributed by atoms with Crippen LogP contribution in [0.25, 0.3) is 44.2 Å². The lowest BCUT2D eigenvalue weighted by atomic mass is 9.67. The fourth-order valence-corrected chi connectivity index (χ4v) is 7.86. The average molecular weight is 602 g/mol. The molecule has 0 saturated carbocycles. The lowest BCUT2D eigenvalue weighted by Gasteiger charge is -2.34. The van der Waals surface area contributed by atoms with E-state index in [-0.39, 0.29) is 5.92 Å². The van der Waals surface area contributed by atoms with Gasteiger partial charge >= 0.3 is 0 Å². The second kappa shape index (κ2) is 10.8. The summed E-state index contributed by atoms with van der Waals surface area (Å²) in [5.74, 6) is -0.229. The minimum absolute atomic E-state index is 0.229. The first kappa shape index (κ1) is 27.3. The highest BCUT2D eigenvalue weighted by Crippen LogP contribution is 2.56. The minimum Gasteiger partial charge on any atom is -0.456 e. The van der Waals surface area contributed by atoms with Crippen molar-refractivity contribution in [1.29, 1.82) is 5.41 Å². The zero-order valence-electron chi connectivity index (χ0n) is 25.7. The monoisotopic (exact) mass is 601 g/mol. The predicted octanol–water partition coefficient (Wildman–Crippen LogP) is 11.4. The molecule has 222 valence electrons. The smallest absolute Gasteiger partial charge is 0.136 e. The topological polar surface area (TPSA) is 37.0 Å². The molecule has 1 aromatic heterocycles. The first-order valence-electron chi connectivity index (χ1n) is 16.1. The van der Waals surface area contributed by atoms with Gasteiger partial charge in [-0.15, -0.1) is 0 Å². The van der Waals surface area contributed by atoms with Crippen molar-refractivity contribution in [3.05, 3.63) is 203 Å². The molecule has 0 aliphatic heterocycles. The number of fused-ring (bicyclic) bond motifs is 6. The predicted molar refractivity (Wildman–Crippen MR) is 194 cm³/mol. The van der Waals surface area contributed by atoms with Crippen molar-refractivity contribution in [2.75, 3.05) is 0 Å². The van der Waals surface area contributed by atoms with Crippen molar-refractivity contribution >= 4 is 28.2 Å². The van der Waals surface area contributed by atoms with Gasteiger partial charge in [0.2, 0.25) is 0 Å². The van der Waals surface area contributed by atoms with Gasteiger partial charge in [-0.1, -0.05) is 152 Å². The summed E-state index contributed by atoms with van der Waals surface area (Å²) in [4.78, 5) is 0. The highest BCUT2D eigenvalue weighted by Gasteiger charge is 2.45. The number of benzene rings is 7. The van der Waals surface area contributed by atoms with E-state index in [1.807, 2.05) is 6.07 Å². The molecule has 1 aliphatic carbocycles.